The molecule has 1 aliphatic carbocycles. The minimum absolute atomic E-state index is 0.132. The highest BCUT2D eigenvalue weighted by Crippen LogP contribution is 2.32. The molecule has 0 unspecified atom stereocenters. The van der Waals surface area contributed by atoms with E-state index in [9.17, 15) is 14.0 Å². The van der Waals surface area contributed by atoms with Gasteiger partial charge in [0.25, 0.3) is 5.56 Å². The van der Waals surface area contributed by atoms with E-state index in [0.29, 0.717) is 24.1 Å². The molecular weight excluding hydrogens is 333 g/mol. The third-order valence-electron chi connectivity index (χ3n) is 5.29. The van der Waals surface area contributed by atoms with Crippen molar-refractivity contribution in [2.45, 2.75) is 32.2 Å². The lowest BCUT2D eigenvalue weighted by Gasteiger charge is -2.32. The molecule has 136 valence electrons. The Morgan fingerprint density at radius 1 is 1.04 bits per heavy atom. The van der Waals surface area contributed by atoms with Crippen molar-refractivity contribution >= 4 is 5.91 Å². The first kappa shape index (κ1) is 16.9. The molecule has 2 aromatic rings. The van der Waals surface area contributed by atoms with Crippen LogP contribution < -0.4 is 5.56 Å². The highest BCUT2D eigenvalue weighted by atomic mass is 19.1. The summed E-state index contributed by atoms with van der Waals surface area (Å²) in [5.41, 5.74) is 1.31. The van der Waals surface area contributed by atoms with Gasteiger partial charge in [0.05, 0.1) is 5.69 Å². The number of carbonyl (C=O) groups excluding carboxylic acids is 1. The Balaban J connectivity index is 1.43. The number of piperidine rings is 1. The number of hydrogen-bond acceptors (Lipinski definition) is 3. The molecule has 0 atom stereocenters. The molecule has 1 saturated carbocycles. The fourth-order valence-corrected chi connectivity index (χ4v) is 3.52. The van der Waals surface area contributed by atoms with E-state index in [1.807, 2.05) is 4.90 Å². The molecule has 2 fully saturated rings. The Hall–Kier alpha value is -2.50. The van der Waals surface area contributed by atoms with Crippen molar-refractivity contribution in [1.29, 1.82) is 0 Å². The van der Waals surface area contributed by atoms with E-state index < -0.39 is 0 Å². The van der Waals surface area contributed by atoms with Crippen molar-refractivity contribution < 1.29 is 9.18 Å². The van der Waals surface area contributed by atoms with Crippen molar-refractivity contribution in [2.75, 3.05) is 13.1 Å². The smallest absolute Gasteiger partial charge is 0.266 e. The predicted octanol–water partition coefficient (Wildman–Crippen LogP) is 2.70. The SMILES string of the molecule is O=C(C1CC1)N1CCC(Cn2nc(-c3ccc(F)cc3)ccc2=O)CC1. The molecule has 1 aromatic heterocycles. The standard InChI is InChI=1S/C20H22FN3O2/c21-17-5-3-15(4-6-17)18-7-8-19(25)24(22-18)13-14-9-11-23(12-10-14)20(26)16-1-2-16/h3-8,14,16H,1-2,9-13H2. The number of benzene rings is 1. The number of halogens is 1. The van der Waals surface area contributed by atoms with E-state index in [4.69, 9.17) is 0 Å². The Morgan fingerprint density at radius 3 is 2.38 bits per heavy atom. The maximum absolute atomic E-state index is 13.1. The van der Waals surface area contributed by atoms with Crippen LogP contribution in [-0.4, -0.2) is 33.7 Å². The van der Waals surface area contributed by atoms with Crippen LogP contribution in [0.25, 0.3) is 11.3 Å². The average molecular weight is 355 g/mol. The summed E-state index contributed by atoms with van der Waals surface area (Å²) in [6, 6.07) is 9.28. The summed E-state index contributed by atoms with van der Waals surface area (Å²) in [7, 11) is 0. The van der Waals surface area contributed by atoms with Crippen molar-refractivity contribution in [3.8, 4) is 11.3 Å². The quantitative estimate of drug-likeness (QED) is 0.847. The summed E-state index contributed by atoms with van der Waals surface area (Å²) in [6.07, 6.45) is 3.86. The van der Waals surface area contributed by atoms with Crippen LogP contribution in [0.3, 0.4) is 0 Å². The average Bonchev–Trinajstić information content (AvgIpc) is 3.49. The van der Waals surface area contributed by atoms with Gasteiger partial charge in [-0.25, -0.2) is 9.07 Å². The lowest BCUT2D eigenvalue weighted by molar-refractivity contribution is -0.134. The second-order valence-corrected chi connectivity index (χ2v) is 7.29. The van der Waals surface area contributed by atoms with Gasteiger partial charge in [0.15, 0.2) is 0 Å². The van der Waals surface area contributed by atoms with Crippen molar-refractivity contribution in [1.82, 2.24) is 14.7 Å². The maximum Gasteiger partial charge on any atom is 0.266 e. The Labute approximate surface area is 151 Å². The summed E-state index contributed by atoms with van der Waals surface area (Å²) in [6.45, 7) is 2.10. The number of rotatable bonds is 4. The number of nitrogens with zero attached hydrogens (tertiary/aromatic N) is 3. The monoisotopic (exact) mass is 355 g/mol. The van der Waals surface area contributed by atoms with E-state index in [0.717, 1.165) is 44.3 Å². The molecular formula is C20H22FN3O2. The Kier molecular flexibility index (Phi) is 4.57. The fraction of sp³-hybridized carbons (Fsp3) is 0.450. The van der Waals surface area contributed by atoms with E-state index >= 15 is 0 Å². The first-order valence-electron chi connectivity index (χ1n) is 9.23. The number of carbonyl (C=O) groups is 1. The number of likely N-dealkylation sites (tertiary alicyclic amines) is 1. The van der Waals surface area contributed by atoms with Crippen LogP contribution in [0.4, 0.5) is 4.39 Å². The molecule has 0 radical (unpaired) electrons. The second-order valence-electron chi connectivity index (χ2n) is 7.29. The molecule has 5 nitrogen and oxygen atoms in total. The van der Waals surface area contributed by atoms with Crippen LogP contribution in [0.1, 0.15) is 25.7 Å². The molecule has 0 spiro atoms. The molecule has 1 amide bonds. The fourth-order valence-electron chi connectivity index (χ4n) is 3.52. The first-order chi connectivity index (χ1) is 12.6. The normalized spacial score (nSPS) is 18.1. The number of hydrogen-bond donors (Lipinski definition) is 0. The highest BCUT2D eigenvalue weighted by Gasteiger charge is 2.34. The summed E-state index contributed by atoms with van der Waals surface area (Å²) < 4.78 is 14.6. The van der Waals surface area contributed by atoms with Crippen molar-refractivity contribution in [3.05, 3.63) is 52.6 Å². The zero-order valence-corrected chi connectivity index (χ0v) is 14.6. The van der Waals surface area contributed by atoms with Gasteiger partial charge in [0, 0.05) is 37.2 Å². The lowest BCUT2D eigenvalue weighted by Crippen LogP contribution is -2.41. The minimum Gasteiger partial charge on any atom is -0.342 e. The van der Waals surface area contributed by atoms with E-state index in [2.05, 4.69) is 5.10 Å². The molecule has 2 aliphatic rings. The molecule has 1 saturated heterocycles. The third-order valence-corrected chi connectivity index (χ3v) is 5.29. The number of aromatic nitrogens is 2. The molecule has 0 N–H and O–H groups in total. The van der Waals surface area contributed by atoms with Gasteiger partial charge < -0.3 is 4.90 Å². The highest BCUT2D eigenvalue weighted by molar-refractivity contribution is 5.81. The lowest BCUT2D eigenvalue weighted by atomic mass is 9.96. The largest absolute Gasteiger partial charge is 0.342 e. The minimum atomic E-state index is -0.297. The molecule has 0 bridgehead atoms. The Bertz CT molecular complexity index is 850. The van der Waals surface area contributed by atoms with E-state index in [1.54, 1.807) is 18.2 Å². The van der Waals surface area contributed by atoms with Crippen LogP contribution in [-0.2, 0) is 11.3 Å². The summed E-state index contributed by atoms with van der Waals surface area (Å²) in [4.78, 5) is 26.3. The third kappa shape index (κ3) is 3.69. The van der Waals surface area contributed by atoms with Gasteiger partial charge in [-0.15, -0.1) is 0 Å². The van der Waals surface area contributed by atoms with Crippen LogP contribution in [0.15, 0.2) is 41.2 Å². The molecule has 4 rings (SSSR count). The van der Waals surface area contributed by atoms with E-state index in [-0.39, 0.29) is 17.3 Å². The van der Waals surface area contributed by atoms with Crippen LogP contribution in [0.5, 0.6) is 0 Å². The van der Waals surface area contributed by atoms with Gasteiger partial charge in [-0.2, -0.15) is 5.10 Å². The van der Waals surface area contributed by atoms with Gasteiger partial charge in [-0.05, 0) is 61.9 Å². The number of amides is 1. The molecule has 26 heavy (non-hydrogen) atoms. The van der Waals surface area contributed by atoms with Crippen molar-refractivity contribution in [2.24, 2.45) is 11.8 Å². The Morgan fingerprint density at radius 2 is 1.73 bits per heavy atom. The molecule has 1 aliphatic heterocycles. The molecule has 2 heterocycles. The van der Waals surface area contributed by atoms with Gasteiger partial charge in [0.2, 0.25) is 5.91 Å². The summed E-state index contributed by atoms with van der Waals surface area (Å²) in [5.74, 6) is 0.613. The second kappa shape index (κ2) is 7.02. The van der Waals surface area contributed by atoms with Crippen LogP contribution in [0.2, 0.25) is 0 Å². The maximum atomic E-state index is 13.1. The van der Waals surface area contributed by atoms with Gasteiger partial charge in [0.1, 0.15) is 5.82 Å². The topological polar surface area (TPSA) is 55.2 Å². The first-order valence-corrected chi connectivity index (χ1v) is 9.23. The molecule has 1 aromatic carbocycles. The van der Waals surface area contributed by atoms with E-state index in [1.165, 1.54) is 22.9 Å². The van der Waals surface area contributed by atoms with Gasteiger partial charge in [-0.1, -0.05) is 0 Å². The van der Waals surface area contributed by atoms with Crippen molar-refractivity contribution in [3.63, 3.8) is 0 Å². The zero-order valence-electron chi connectivity index (χ0n) is 14.6. The summed E-state index contributed by atoms with van der Waals surface area (Å²) >= 11 is 0. The van der Waals surface area contributed by atoms with Gasteiger partial charge in [-0.3, -0.25) is 9.59 Å². The predicted molar refractivity (Wildman–Crippen MR) is 95.9 cm³/mol. The molecule has 6 heteroatoms. The van der Waals surface area contributed by atoms with Crippen LogP contribution >= 0.6 is 0 Å². The van der Waals surface area contributed by atoms with Gasteiger partial charge >= 0.3 is 0 Å². The zero-order chi connectivity index (χ0) is 18.1. The summed E-state index contributed by atoms with van der Waals surface area (Å²) in [5, 5.41) is 4.46. The van der Waals surface area contributed by atoms with Crippen LogP contribution in [0, 0.1) is 17.7 Å².